The van der Waals surface area contributed by atoms with Gasteiger partial charge in [0.15, 0.2) is 0 Å². The highest BCUT2D eigenvalue weighted by molar-refractivity contribution is 5.36. The molecular weight excluding hydrogens is 144 g/mol. The Balaban J connectivity index is 3.00. The Bertz CT molecular complexity index is 235. The van der Waals surface area contributed by atoms with Gasteiger partial charge < -0.3 is 0 Å². The van der Waals surface area contributed by atoms with Crippen molar-refractivity contribution in [2.75, 3.05) is 0 Å². The Labute approximate surface area is 76.4 Å². The van der Waals surface area contributed by atoms with Crippen LogP contribution in [-0.2, 0) is 0 Å². The second-order valence-corrected chi connectivity index (χ2v) is 4.80. The van der Waals surface area contributed by atoms with Crippen LogP contribution in [0.1, 0.15) is 47.5 Å². The molecule has 0 nitrogen and oxygen atoms in total. The fourth-order valence-electron chi connectivity index (χ4n) is 1.95. The van der Waals surface area contributed by atoms with E-state index in [9.17, 15) is 0 Å². The maximum atomic E-state index is 2.35. The van der Waals surface area contributed by atoms with Gasteiger partial charge in [0.05, 0.1) is 0 Å². The smallest absolute Gasteiger partial charge is 0.0101 e. The van der Waals surface area contributed by atoms with Crippen molar-refractivity contribution >= 4 is 0 Å². The molecule has 0 aromatic heterocycles. The largest absolute Gasteiger partial charge is 0.0761 e. The van der Waals surface area contributed by atoms with Crippen LogP contribution in [0.25, 0.3) is 0 Å². The molecule has 0 aromatic carbocycles. The van der Waals surface area contributed by atoms with Crippen LogP contribution in [0.4, 0.5) is 0 Å². The lowest BCUT2D eigenvalue weighted by molar-refractivity contribution is 0.451. The third-order valence-electron chi connectivity index (χ3n) is 2.75. The average Bonchev–Trinajstić information content (AvgIpc) is 2.15. The molecule has 0 saturated carbocycles. The maximum Gasteiger partial charge on any atom is -0.0101 e. The molecule has 68 valence electrons. The van der Waals surface area contributed by atoms with Gasteiger partial charge in [-0.25, -0.2) is 0 Å². The minimum absolute atomic E-state index is 0.418. The van der Waals surface area contributed by atoms with Gasteiger partial charge in [-0.15, -0.1) is 0 Å². The molecule has 1 rings (SSSR count). The zero-order valence-corrected chi connectivity index (χ0v) is 8.99. The van der Waals surface area contributed by atoms with Crippen LogP contribution in [-0.4, -0.2) is 0 Å². The number of hydrogen-bond acceptors (Lipinski definition) is 0. The summed E-state index contributed by atoms with van der Waals surface area (Å²) in [7, 11) is 0. The van der Waals surface area contributed by atoms with Crippen LogP contribution >= 0.6 is 0 Å². The molecule has 0 unspecified atom stereocenters. The summed E-state index contributed by atoms with van der Waals surface area (Å²) in [6.45, 7) is 11.3. The molecule has 0 aliphatic heterocycles. The Morgan fingerprint density at radius 2 is 1.92 bits per heavy atom. The van der Waals surface area contributed by atoms with Gasteiger partial charge >= 0.3 is 0 Å². The van der Waals surface area contributed by atoms with Gasteiger partial charge in [0.2, 0.25) is 0 Å². The van der Waals surface area contributed by atoms with E-state index in [-0.39, 0.29) is 0 Å². The first kappa shape index (κ1) is 9.57. The molecular formula is C12H20. The number of rotatable bonds is 1. The van der Waals surface area contributed by atoms with Crippen molar-refractivity contribution in [1.29, 1.82) is 0 Å². The van der Waals surface area contributed by atoms with Crippen LogP contribution in [0, 0.1) is 5.41 Å². The highest BCUT2D eigenvalue weighted by Gasteiger charge is 2.28. The maximum absolute atomic E-state index is 2.35. The monoisotopic (exact) mass is 164 g/mol. The van der Waals surface area contributed by atoms with Crippen molar-refractivity contribution in [2.45, 2.75) is 47.5 Å². The predicted molar refractivity (Wildman–Crippen MR) is 55.1 cm³/mol. The van der Waals surface area contributed by atoms with Gasteiger partial charge in [-0.05, 0) is 44.6 Å². The van der Waals surface area contributed by atoms with Gasteiger partial charge in [-0.3, -0.25) is 0 Å². The molecule has 0 bridgehead atoms. The predicted octanol–water partition coefficient (Wildman–Crippen LogP) is 4.09. The SMILES string of the molecule is CC(C)=CC1=C(C)CCC1(C)C. The second-order valence-electron chi connectivity index (χ2n) is 4.80. The van der Waals surface area contributed by atoms with E-state index in [4.69, 9.17) is 0 Å². The van der Waals surface area contributed by atoms with E-state index in [1.807, 2.05) is 0 Å². The zero-order valence-electron chi connectivity index (χ0n) is 8.99. The first-order valence-electron chi connectivity index (χ1n) is 4.78. The zero-order chi connectivity index (χ0) is 9.35. The van der Waals surface area contributed by atoms with E-state index in [1.165, 1.54) is 18.4 Å². The van der Waals surface area contributed by atoms with Crippen molar-refractivity contribution < 1.29 is 0 Å². The Morgan fingerprint density at radius 1 is 1.33 bits per heavy atom. The van der Waals surface area contributed by atoms with Crippen molar-refractivity contribution in [3.8, 4) is 0 Å². The van der Waals surface area contributed by atoms with Crippen LogP contribution in [0.5, 0.6) is 0 Å². The normalized spacial score (nSPS) is 21.4. The van der Waals surface area contributed by atoms with Crippen LogP contribution in [0.15, 0.2) is 22.8 Å². The lowest BCUT2D eigenvalue weighted by atomic mass is 9.84. The van der Waals surface area contributed by atoms with E-state index >= 15 is 0 Å². The van der Waals surface area contributed by atoms with E-state index in [2.05, 4.69) is 40.7 Å². The highest BCUT2D eigenvalue weighted by Crippen LogP contribution is 2.43. The van der Waals surface area contributed by atoms with Gasteiger partial charge in [0.1, 0.15) is 0 Å². The topological polar surface area (TPSA) is 0 Å². The van der Waals surface area contributed by atoms with Gasteiger partial charge in [0, 0.05) is 0 Å². The summed E-state index contributed by atoms with van der Waals surface area (Å²) in [6, 6.07) is 0. The third kappa shape index (κ3) is 1.80. The van der Waals surface area contributed by atoms with Crippen molar-refractivity contribution in [3.63, 3.8) is 0 Å². The molecule has 0 N–H and O–H groups in total. The Hall–Kier alpha value is -0.520. The third-order valence-corrected chi connectivity index (χ3v) is 2.75. The summed E-state index contributed by atoms with van der Waals surface area (Å²) in [5.41, 5.74) is 4.99. The fraction of sp³-hybridized carbons (Fsp3) is 0.667. The summed E-state index contributed by atoms with van der Waals surface area (Å²) < 4.78 is 0. The van der Waals surface area contributed by atoms with Crippen LogP contribution in [0.2, 0.25) is 0 Å². The lowest BCUT2D eigenvalue weighted by Gasteiger charge is -2.20. The van der Waals surface area contributed by atoms with Crippen molar-refractivity contribution in [1.82, 2.24) is 0 Å². The summed E-state index contributed by atoms with van der Waals surface area (Å²) in [4.78, 5) is 0. The first-order valence-corrected chi connectivity index (χ1v) is 4.78. The number of hydrogen-bond donors (Lipinski definition) is 0. The van der Waals surface area contributed by atoms with Crippen LogP contribution < -0.4 is 0 Å². The van der Waals surface area contributed by atoms with Crippen molar-refractivity contribution in [2.24, 2.45) is 5.41 Å². The van der Waals surface area contributed by atoms with Crippen LogP contribution in [0.3, 0.4) is 0 Å². The van der Waals surface area contributed by atoms with Crippen molar-refractivity contribution in [3.05, 3.63) is 22.8 Å². The molecule has 0 saturated heterocycles. The summed E-state index contributed by atoms with van der Waals surface area (Å²) >= 11 is 0. The summed E-state index contributed by atoms with van der Waals surface area (Å²) in [6.07, 6.45) is 4.95. The van der Waals surface area contributed by atoms with Gasteiger partial charge in [-0.1, -0.05) is 31.1 Å². The summed E-state index contributed by atoms with van der Waals surface area (Å²) in [5, 5.41) is 0. The molecule has 0 heteroatoms. The standard InChI is InChI=1S/C12H20/c1-9(2)8-11-10(3)6-7-12(11,4)5/h8H,6-7H2,1-5H3. The molecule has 0 spiro atoms. The lowest BCUT2D eigenvalue weighted by Crippen LogP contribution is -2.08. The molecule has 0 radical (unpaired) electrons. The van der Waals surface area contributed by atoms with Gasteiger partial charge in [-0.2, -0.15) is 0 Å². The molecule has 0 amide bonds. The molecule has 1 aliphatic carbocycles. The molecule has 0 heterocycles. The van der Waals surface area contributed by atoms with Gasteiger partial charge in [0.25, 0.3) is 0 Å². The quantitative estimate of drug-likeness (QED) is 0.547. The summed E-state index contributed by atoms with van der Waals surface area (Å²) in [5.74, 6) is 0. The minimum Gasteiger partial charge on any atom is -0.0761 e. The Morgan fingerprint density at radius 3 is 2.25 bits per heavy atom. The molecule has 0 fully saturated rings. The van der Waals surface area contributed by atoms with E-state index in [0.29, 0.717) is 5.41 Å². The number of allylic oxidation sites excluding steroid dienone is 4. The van der Waals surface area contributed by atoms with E-state index in [0.717, 1.165) is 0 Å². The molecule has 0 atom stereocenters. The molecule has 12 heavy (non-hydrogen) atoms. The minimum atomic E-state index is 0.418. The molecule has 1 aliphatic rings. The average molecular weight is 164 g/mol. The van der Waals surface area contributed by atoms with E-state index in [1.54, 1.807) is 11.1 Å². The second kappa shape index (κ2) is 3.08. The fourth-order valence-corrected chi connectivity index (χ4v) is 1.95. The Kier molecular flexibility index (Phi) is 2.46. The first-order chi connectivity index (χ1) is 5.43. The molecule has 0 aromatic rings. The highest BCUT2D eigenvalue weighted by atomic mass is 14.3. The van der Waals surface area contributed by atoms with E-state index < -0.39 is 0 Å².